The number of nitrogens with one attached hydrogen (secondary N) is 1. The van der Waals surface area contributed by atoms with Crippen molar-refractivity contribution in [3.05, 3.63) is 35.9 Å². The summed E-state index contributed by atoms with van der Waals surface area (Å²) < 4.78 is 0. The fourth-order valence-electron chi connectivity index (χ4n) is 2.34. The molecule has 1 aliphatic carbocycles. The van der Waals surface area contributed by atoms with E-state index in [9.17, 15) is 9.59 Å². The van der Waals surface area contributed by atoms with Gasteiger partial charge in [0.15, 0.2) is 5.78 Å². The molecular formula is C16H22N2O2S. The topological polar surface area (TPSA) is 72.2 Å². The smallest absolute Gasteiger partial charge is 0.230 e. The van der Waals surface area contributed by atoms with Crippen LogP contribution < -0.4 is 11.1 Å². The molecule has 1 aromatic rings. The van der Waals surface area contributed by atoms with Crippen LogP contribution in [0, 0.1) is 5.92 Å². The van der Waals surface area contributed by atoms with Crippen LogP contribution in [0.25, 0.3) is 0 Å². The van der Waals surface area contributed by atoms with Crippen LogP contribution in [0.5, 0.6) is 0 Å². The molecular weight excluding hydrogens is 284 g/mol. The van der Waals surface area contributed by atoms with Crippen molar-refractivity contribution in [2.45, 2.75) is 25.3 Å². The molecule has 4 nitrogen and oxygen atoms in total. The number of Topliss-reactive ketones (excluding diaryl/α,β-unsaturated/α-hetero) is 1. The maximum Gasteiger partial charge on any atom is 0.230 e. The van der Waals surface area contributed by atoms with Crippen LogP contribution in [-0.4, -0.2) is 35.3 Å². The van der Waals surface area contributed by atoms with Gasteiger partial charge < -0.3 is 11.1 Å². The Morgan fingerprint density at radius 2 is 1.95 bits per heavy atom. The van der Waals surface area contributed by atoms with Crippen LogP contribution in [-0.2, 0) is 4.79 Å². The largest absolute Gasteiger partial charge is 0.349 e. The lowest BCUT2D eigenvalue weighted by Crippen LogP contribution is -2.53. The van der Waals surface area contributed by atoms with Crippen LogP contribution in [0.4, 0.5) is 0 Å². The number of carbonyl (C=O) groups excluding carboxylic acids is 2. The second-order valence-corrected chi connectivity index (χ2v) is 6.71. The van der Waals surface area contributed by atoms with E-state index in [1.807, 2.05) is 25.1 Å². The molecule has 2 rings (SSSR count). The molecule has 0 bridgehead atoms. The first-order chi connectivity index (χ1) is 10.0. The zero-order chi connectivity index (χ0) is 15.3. The second kappa shape index (κ2) is 7.09. The Kier molecular flexibility index (Phi) is 5.42. The SMILES string of the molecule is CC(CN)(NC(=O)CSCC(=O)c1ccccc1)C1CC1. The predicted molar refractivity (Wildman–Crippen MR) is 86.4 cm³/mol. The van der Waals surface area contributed by atoms with Gasteiger partial charge in [0.25, 0.3) is 0 Å². The van der Waals surface area contributed by atoms with Crippen LogP contribution in [0.2, 0.25) is 0 Å². The van der Waals surface area contributed by atoms with Gasteiger partial charge in [-0.3, -0.25) is 9.59 Å². The van der Waals surface area contributed by atoms with E-state index in [4.69, 9.17) is 5.73 Å². The normalized spacial score (nSPS) is 17.0. The van der Waals surface area contributed by atoms with Gasteiger partial charge in [0.1, 0.15) is 0 Å². The molecule has 1 atom stereocenters. The Balaban J connectivity index is 1.73. The number of hydrogen-bond acceptors (Lipinski definition) is 4. The van der Waals surface area contributed by atoms with E-state index in [0.29, 0.717) is 29.5 Å². The maximum absolute atomic E-state index is 12.0. The average molecular weight is 306 g/mol. The van der Waals surface area contributed by atoms with Crippen LogP contribution in [0.1, 0.15) is 30.1 Å². The molecule has 1 amide bonds. The number of thioether (sulfide) groups is 1. The van der Waals surface area contributed by atoms with Gasteiger partial charge in [-0.1, -0.05) is 30.3 Å². The Morgan fingerprint density at radius 3 is 2.52 bits per heavy atom. The minimum atomic E-state index is -0.291. The van der Waals surface area contributed by atoms with Crippen molar-refractivity contribution < 1.29 is 9.59 Å². The van der Waals surface area contributed by atoms with Crippen molar-refractivity contribution in [1.29, 1.82) is 0 Å². The predicted octanol–water partition coefficient (Wildman–Crippen LogP) is 1.85. The quantitative estimate of drug-likeness (QED) is 0.719. The number of benzene rings is 1. The van der Waals surface area contributed by atoms with Crippen LogP contribution >= 0.6 is 11.8 Å². The van der Waals surface area contributed by atoms with E-state index in [1.54, 1.807) is 12.1 Å². The van der Waals surface area contributed by atoms with E-state index in [0.717, 1.165) is 12.8 Å². The molecule has 1 unspecified atom stereocenters. The lowest BCUT2D eigenvalue weighted by molar-refractivity contribution is -0.120. The fraction of sp³-hybridized carbons (Fsp3) is 0.500. The monoisotopic (exact) mass is 306 g/mol. The Hall–Kier alpha value is -1.33. The molecule has 0 radical (unpaired) electrons. The first-order valence-electron chi connectivity index (χ1n) is 7.22. The van der Waals surface area contributed by atoms with Crippen molar-refractivity contribution in [1.82, 2.24) is 5.32 Å². The van der Waals surface area contributed by atoms with E-state index in [1.165, 1.54) is 11.8 Å². The van der Waals surface area contributed by atoms with Crippen LogP contribution in [0.15, 0.2) is 30.3 Å². The lowest BCUT2D eigenvalue weighted by atomic mass is 9.96. The summed E-state index contributed by atoms with van der Waals surface area (Å²) in [5.41, 5.74) is 6.17. The van der Waals surface area contributed by atoms with Crippen molar-refractivity contribution in [3.63, 3.8) is 0 Å². The zero-order valence-electron chi connectivity index (χ0n) is 12.3. The standard InChI is InChI=1S/C16H22N2O2S/c1-16(11-17,13-7-8-13)18-15(20)10-21-9-14(19)12-5-3-2-4-6-12/h2-6,13H,7-11,17H2,1H3,(H,18,20). The van der Waals surface area contributed by atoms with Gasteiger partial charge >= 0.3 is 0 Å². The molecule has 1 aromatic carbocycles. The number of ketones is 1. The summed E-state index contributed by atoms with van der Waals surface area (Å²) in [5.74, 6) is 1.13. The van der Waals surface area contributed by atoms with Gasteiger partial charge in [-0.05, 0) is 25.7 Å². The molecule has 114 valence electrons. The van der Waals surface area contributed by atoms with Crippen molar-refractivity contribution in [2.75, 3.05) is 18.1 Å². The molecule has 1 fully saturated rings. The molecule has 3 N–H and O–H groups in total. The number of carbonyl (C=O) groups is 2. The second-order valence-electron chi connectivity index (χ2n) is 5.73. The molecule has 5 heteroatoms. The van der Waals surface area contributed by atoms with Crippen molar-refractivity contribution >= 4 is 23.5 Å². The van der Waals surface area contributed by atoms with Gasteiger partial charge in [0, 0.05) is 12.1 Å². The molecule has 0 saturated heterocycles. The summed E-state index contributed by atoms with van der Waals surface area (Å²) >= 11 is 1.35. The summed E-state index contributed by atoms with van der Waals surface area (Å²) in [5, 5.41) is 3.02. The third-order valence-electron chi connectivity index (χ3n) is 3.89. The Morgan fingerprint density at radius 1 is 1.29 bits per heavy atom. The minimum absolute atomic E-state index is 0.0410. The minimum Gasteiger partial charge on any atom is -0.349 e. The molecule has 0 aliphatic heterocycles. The Bertz CT molecular complexity index is 502. The molecule has 21 heavy (non-hydrogen) atoms. The summed E-state index contributed by atoms with van der Waals surface area (Å²) in [6, 6.07) is 9.14. The van der Waals surface area contributed by atoms with Gasteiger partial charge in [0.2, 0.25) is 5.91 Å². The highest BCUT2D eigenvalue weighted by atomic mass is 32.2. The van der Waals surface area contributed by atoms with E-state index in [2.05, 4.69) is 5.32 Å². The molecule has 1 saturated carbocycles. The number of hydrogen-bond donors (Lipinski definition) is 2. The summed E-state index contributed by atoms with van der Waals surface area (Å²) in [6.07, 6.45) is 2.27. The molecule has 1 aliphatic rings. The van der Waals surface area contributed by atoms with E-state index >= 15 is 0 Å². The van der Waals surface area contributed by atoms with Gasteiger partial charge in [-0.25, -0.2) is 0 Å². The zero-order valence-corrected chi connectivity index (χ0v) is 13.1. The number of amides is 1. The highest BCUT2D eigenvalue weighted by Crippen LogP contribution is 2.38. The lowest BCUT2D eigenvalue weighted by Gasteiger charge is -2.29. The highest BCUT2D eigenvalue weighted by molar-refractivity contribution is 8.00. The van der Waals surface area contributed by atoms with Gasteiger partial charge in [-0.2, -0.15) is 0 Å². The third kappa shape index (κ3) is 4.58. The molecule has 0 spiro atoms. The highest BCUT2D eigenvalue weighted by Gasteiger charge is 2.41. The van der Waals surface area contributed by atoms with Gasteiger partial charge in [-0.15, -0.1) is 11.8 Å². The average Bonchev–Trinajstić information content (AvgIpc) is 3.33. The fourth-order valence-corrected chi connectivity index (χ4v) is 3.05. The van der Waals surface area contributed by atoms with Gasteiger partial charge in [0.05, 0.1) is 17.0 Å². The van der Waals surface area contributed by atoms with Crippen molar-refractivity contribution in [2.24, 2.45) is 11.7 Å². The molecule has 0 heterocycles. The maximum atomic E-state index is 12.0. The van der Waals surface area contributed by atoms with Crippen molar-refractivity contribution in [3.8, 4) is 0 Å². The summed E-state index contributed by atoms with van der Waals surface area (Å²) in [7, 11) is 0. The van der Waals surface area contributed by atoms with E-state index < -0.39 is 0 Å². The summed E-state index contributed by atoms with van der Waals surface area (Å²) in [4.78, 5) is 23.9. The number of rotatable bonds is 8. The van der Waals surface area contributed by atoms with E-state index in [-0.39, 0.29) is 17.2 Å². The molecule has 0 aromatic heterocycles. The third-order valence-corrected chi connectivity index (χ3v) is 4.82. The summed E-state index contributed by atoms with van der Waals surface area (Å²) in [6.45, 7) is 2.46. The van der Waals surface area contributed by atoms with Crippen LogP contribution in [0.3, 0.4) is 0 Å². The first-order valence-corrected chi connectivity index (χ1v) is 8.38. The Labute approximate surface area is 129 Å². The first kappa shape index (κ1) is 16.0. The number of nitrogens with two attached hydrogens (primary N) is 1.